The molecular weight excluding hydrogens is 373 g/mol. The van der Waals surface area contributed by atoms with Crippen LogP contribution in [-0.4, -0.2) is 42.3 Å². The van der Waals surface area contributed by atoms with Crippen molar-refractivity contribution in [2.24, 2.45) is 0 Å². The molecule has 7 nitrogen and oxygen atoms in total. The van der Waals surface area contributed by atoms with Gasteiger partial charge in [-0.05, 0) is 51.1 Å². The number of hydrogen-bond acceptors (Lipinski definition) is 6. The Labute approximate surface area is 157 Å². The summed E-state index contributed by atoms with van der Waals surface area (Å²) in [5.74, 6) is -1.14. The molecule has 0 bridgehead atoms. The lowest BCUT2D eigenvalue weighted by Gasteiger charge is -2.16. The van der Waals surface area contributed by atoms with Gasteiger partial charge in [0.1, 0.15) is 5.82 Å². The Morgan fingerprint density at radius 2 is 1.85 bits per heavy atom. The smallest absolute Gasteiger partial charge is 0.272 e. The van der Waals surface area contributed by atoms with Crippen molar-refractivity contribution < 1.29 is 22.7 Å². The number of aliphatic hydroxyl groups is 1. The van der Waals surface area contributed by atoms with Crippen molar-refractivity contribution in [3.05, 3.63) is 41.8 Å². The number of anilines is 1. The molecule has 0 aliphatic heterocycles. The molecule has 1 amide bonds. The number of carbonyl (C=O) groups is 1. The molecule has 1 heterocycles. The Morgan fingerprint density at radius 3 is 2.37 bits per heavy atom. The van der Waals surface area contributed by atoms with Gasteiger partial charge < -0.3 is 16.2 Å². The molecule has 0 spiro atoms. The van der Waals surface area contributed by atoms with E-state index in [4.69, 9.17) is 5.73 Å². The molecule has 1 atom stereocenters. The van der Waals surface area contributed by atoms with E-state index in [0.717, 1.165) is 0 Å². The van der Waals surface area contributed by atoms with Crippen molar-refractivity contribution in [1.82, 2.24) is 10.3 Å². The zero-order chi connectivity index (χ0) is 20.4. The lowest BCUT2D eigenvalue weighted by atomic mass is 10.1. The molecule has 2 aromatic rings. The maximum absolute atomic E-state index is 13.3. The fraction of sp³-hybridized carbons (Fsp3) is 0.333. The fourth-order valence-corrected chi connectivity index (χ4v) is 3.53. The highest BCUT2D eigenvalue weighted by Crippen LogP contribution is 2.31. The third-order valence-corrected chi connectivity index (χ3v) is 6.00. The first-order valence-corrected chi connectivity index (χ1v) is 9.85. The van der Waals surface area contributed by atoms with Crippen LogP contribution >= 0.6 is 0 Å². The van der Waals surface area contributed by atoms with E-state index >= 15 is 0 Å². The van der Waals surface area contributed by atoms with Crippen LogP contribution in [-0.2, 0) is 9.84 Å². The molecule has 2 rings (SSSR count). The lowest BCUT2D eigenvalue weighted by Crippen LogP contribution is -2.32. The maximum Gasteiger partial charge on any atom is 0.272 e. The van der Waals surface area contributed by atoms with E-state index in [-0.39, 0.29) is 28.5 Å². The molecule has 146 valence electrons. The van der Waals surface area contributed by atoms with E-state index in [0.29, 0.717) is 5.56 Å². The summed E-state index contributed by atoms with van der Waals surface area (Å²) in [7, 11) is -3.76. The minimum Gasteiger partial charge on any atom is -0.397 e. The van der Waals surface area contributed by atoms with Crippen LogP contribution in [0.5, 0.6) is 0 Å². The summed E-state index contributed by atoms with van der Waals surface area (Å²) in [6, 6.07) is 6.30. The highest BCUT2D eigenvalue weighted by atomic mass is 32.2. The fourth-order valence-electron chi connectivity index (χ4n) is 2.30. The Hall–Kier alpha value is -2.52. The van der Waals surface area contributed by atoms with Gasteiger partial charge in [-0.25, -0.2) is 17.8 Å². The van der Waals surface area contributed by atoms with Crippen molar-refractivity contribution in [1.29, 1.82) is 0 Å². The van der Waals surface area contributed by atoms with Crippen LogP contribution in [0.3, 0.4) is 0 Å². The molecule has 1 aromatic carbocycles. The van der Waals surface area contributed by atoms with Crippen molar-refractivity contribution in [3.8, 4) is 11.3 Å². The monoisotopic (exact) mass is 395 g/mol. The Bertz CT molecular complexity index is 942. The van der Waals surface area contributed by atoms with Crippen LogP contribution in [0.15, 0.2) is 35.2 Å². The van der Waals surface area contributed by atoms with Gasteiger partial charge in [-0.2, -0.15) is 0 Å². The highest BCUT2D eigenvalue weighted by molar-refractivity contribution is 7.92. The number of halogens is 1. The largest absolute Gasteiger partial charge is 0.397 e. The SMILES string of the molecule is CC(C)S(=O)(=O)c1cc(N)c(C(=O)NC[C@H](C)O)nc1-c1ccc(F)cc1. The number of benzene rings is 1. The van der Waals surface area contributed by atoms with Crippen LogP contribution in [0.2, 0.25) is 0 Å². The summed E-state index contributed by atoms with van der Waals surface area (Å²) in [5, 5.41) is 11.0. The van der Waals surface area contributed by atoms with E-state index in [2.05, 4.69) is 10.3 Å². The Kier molecular flexibility index (Phi) is 6.17. The lowest BCUT2D eigenvalue weighted by molar-refractivity contribution is 0.0920. The van der Waals surface area contributed by atoms with E-state index in [9.17, 15) is 22.7 Å². The van der Waals surface area contributed by atoms with Crippen LogP contribution in [0.4, 0.5) is 10.1 Å². The number of aliphatic hydroxyl groups excluding tert-OH is 1. The number of nitrogens with one attached hydrogen (secondary N) is 1. The molecule has 0 aliphatic carbocycles. The van der Waals surface area contributed by atoms with Crippen molar-refractivity contribution in [2.75, 3.05) is 12.3 Å². The van der Waals surface area contributed by atoms with Crippen LogP contribution < -0.4 is 11.1 Å². The quantitative estimate of drug-likeness (QED) is 0.685. The number of nitrogens with zero attached hydrogens (tertiary/aromatic N) is 1. The topological polar surface area (TPSA) is 122 Å². The summed E-state index contributed by atoms with van der Waals surface area (Å²) in [5.41, 5.74) is 5.96. The number of rotatable bonds is 6. The normalized spacial score (nSPS) is 12.8. The molecular formula is C18H22FN3O4S. The molecule has 0 radical (unpaired) electrons. The van der Waals surface area contributed by atoms with Gasteiger partial charge in [0.05, 0.1) is 27.6 Å². The van der Waals surface area contributed by atoms with Crippen molar-refractivity contribution in [3.63, 3.8) is 0 Å². The average Bonchev–Trinajstić information content (AvgIpc) is 2.60. The first-order chi connectivity index (χ1) is 12.5. The van der Waals surface area contributed by atoms with E-state index in [1.165, 1.54) is 51.1 Å². The van der Waals surface area contributed by atoms with Gasteiger partial charge >= 0.3 is 0 Å². The highest BCUT2D eigenvalue weighted by Gasteiger charge is 2.27. The van der Waals surface area contributed by atoms with Crippen LogP contribution in [0.1, 0.15) is 31.3 Å². The number of carbonyl (C=O) groups excluding carboxylic acids is 1. The van der Waals surface area contributed by atoms with Gasteiger partial charge in [-0.15, -0.1) is 0 Å². The molecule has 4 N–H and O–H groups in total. The van der Waals surface area contributed by atoms with E-state index in [1.54, 1.807) is 0 Å². The third kappa shape index (κ3) is 4.61. The van der Waals surface area contributed by atoms with E-state index < -0.39 is 32.9 Å². The summed E-state index contributed by atoms with van der Waals surface area (Å²) < 4.78 is 38.7. The summed E-state index contributed by atoms with van der Waals surface area (Å²) >= 11 is 0. The van der Waals surface area contributed by atoms with Crippen LogP contribution in [0.25, 0.3) is 11.3 Å². The van der Waals surface area contributed by atoms with Gasteiger partial charge in [0.15, 0.2) is 15.5 Å². The number of pyridine rings is 1. The number of nitrogen functional groups attached to an aromatic ring is 1. The maximum atomic E-state index is 13.3. The molecule has 0 unspecified atom stereocenters. The molecule has 0 fully saturated rings. The number of sulfone groups is 1. The van der Waals surface area contributed by atoms with E-state index in [1.807, 2.05) is 0 Å². The van der Waals surface area contributed by atoms with Gasteiger partial charge in [0.25, 0.3) is 5.91 Å². The molecule has 0 saturated heterocycles. The Morgan fingerprint density at radius 1 is 1.26 bits per heavy atom. The first-order valence-electron chi connectivity index (χ1n) is 8.30. The molecule has 0 saturated carbocycles. The van der Waals surface area contributed by atoms with Gasteiger partial charge in [0, 0.05) is 12.1 Å². The summed E-state index contributed by atoms with van der Waals surface area (Å²) in [6.07, 6.45) is -0.771. The molecule has 0 aliphatic rings. The predicted molar refractivity (Wildman–Crippen MR) is 100 cm³/mol. The van der Waals surface area contributed by atoms with Gasteiger partial charge in [-0.3, -0.25) is 4.79 Å². The summed E-state index contributed by atoms with van der Waals surface area (Å²) in [4.78, 5) is 16.4. The zero-order valence-corrected chi connectivity index (χ0v) is 16.0. The van der Waals surface area contributed by atoms with Gasteiger partial charge in [0.2, 0.25) is 0 Å². The second-order valence-corrected chi connectivity index (χ2v) is 8.91. The summed E-state index contributed by atoms with van der Waals surface area (Å²) in [6.45, 7) is 4.52. The molecule has 27 heavy (non-hydrogen) atoms. The van der Waals surface area contributed by atoms with Crippen LogP contribution in [0, 0.1) is 5.82 Å². The number of hydrogen-bond donors (Lipinski definition) is 3. The van der Waals surface area contributed by atoms with Crippen molar-refractivity contribution in [2.45, 2.75) is 37.0 Å². The predicted octanol–water partition coefficient (Wildman–Crippen LogP) is 1.76. The first kappa shape index (κ1) is 20.8. The second-order valence-electron chi connectivity index (χ2n) is 6.43. The molecule has 9 heteroatoms. The number of nitrogens with two attached hydrogens (primary N) is 1. The van der Waals surface area contributed by atoms with Crippen molar-refractivity contribution >= 4 is 21.4 Å². The number of amides is 1. The Balaban J connectivity index is 2.66. The standard InChI is InChI=1S/C18H22FN3O4S/c1-10(2)27(25,26)15-8-14(20)17(18(24)21-9-11(3)23)22-16(15)12-4-6-13(19)7-5-12/h4-8,10-11,23H,9,20H2,1-3H3,(H,21,24)/t11-/m0/s1. The second kappa shape index (κ2) is 8.01. The average molecular weight is 395 g/mol. The minimum absolute atomic E-state index is 0.0140. The zero-order valence-electron chi connectivity index (χ0n) is 15.2. The number of aromatic nitrogens is 1. The minimum atomic E-state index is -3.76. The third-order valence-electron chi connectivity index (χ3n) is 3.83. The van der Waals surface area contributed by atoms with Gasteiger partial charge in [-0.1, -0.05) is 0 Å². The molecule has 1 aromatic heterocycles.